The molecule has 4 aromatic rings. The van der Waals surface area contributed by atoms with Crippen molar-refractivity contribution in [1.82, 2.24) is 34.6 Å². The minimum Gasteiger partial charge on any atom is -0.338 e. The quantitative estimate of drug-likeness (QED) is 0.216. The monoisotopic (exact) mass is 757 g/mol. The number of carbonyl (C=O) groups is 2. The maximum Gasteiger partial charge on any atom is 0.318 e. The highest BCUT2D eigenvalue weighted by atomic mass is 79.9. The van der Waals surface area contributed by atoms with Crippen LogP contribution in [0, 0.1) is 0 Å². The second-order valence-corrected chi connectivity index (χ2v) is 15.3. The van der Waals surface area contributed by atoms with E-state index in [0.29, 0.717) is 44.2 Å². The molecule has 7 rings (SSSR count). The van der Waals surface area contributed by atoms with Gasteiger partial charge in [-0.25, -0.2) is 9.78 Å². The summed E-state index contributed by atoms with van der Waals surface area (Å²) in [6, 6.07) is 17.6. The number of imidazole rings is 1. The van der Waals surface area contributed by atoms with Crippen molar-refractivity contribution in [3.63, 3.8) is 0 Å². The van der Waals surface area contributed by atoms with Crippen LogP contribution in [-0.2, 0) is 37.6 Å². The summed E-state index contributed by atoms with van der Waals surface area (Å²) in [6.45, 7) is 2.39. The summed E-state index contributed by atoms with van der Waals surface area (Å²) in [5.74, 6) is -0.0477. The molecule has 11 heteroatoms. The zero-order valence-electron chi connectivity index (χ0n) is 28.6. The van der Waals surface area contributed by atoms with Crippen molar-refractivity contribution in [3.05, 3.63) is 116 Å². The Hall–Kier alpha value is -3.73. The van der Waals surface area contributed by atoms with Gasteiger partial charge in [-0.2, -0.15) is 0 Å². The van der Waals surface area contributed by atoms with Crippen molar-refractivity contribution in [2.75, 3.05) is 26.2 Å². The summed E-state index contributed by atoms with van der Waals surface area (Å²) < 4.78 is 2.94. The molecule has 262 valence electrons. The summed E-state index contributed by atoms with van der Waals surface area (Å²) in [5, 5.41) is 4.04. The smallest absolute Gasteiger partial charge is 0.318 e. The lowest BCUT2D eigenvalue weighted by Crippen LogP contribution is -2.64. The lowest BCUT2D eigenvalue weighted by molar-refractivity contribution is -0.139. The fourth-order valence-corrected chi connectivity index (χ4v) is 8.51. The Bertz CT molecular complexity index is 1760. The molecule has 1 saturated carbocycles. The molecule has 1 aliphatic heterocycles. The third-order valence-electron chi connectivity index (χ3n) is 10.6. The van der Waals surface area contributed by atoms with E-state index in [2.05, 4.69) is 61.5 Å². The number of nitrogens with one attached hydrogen (secondary N) is 1. The Morgan fingerprint density at radius 2 is 1.80 bits per heavy atom. The fourth-order valence-electron chi connectivity index (χ4n) is 7.94. The van der Waals surface area contributed by atoms with Crippen LogP contribution in [-0.4, -0.2) is 79.4 Å². The Balaban J connectivity index is 1.24. The highest BCUT2D eigenvalue weighted by molar-refractivity contribution is 9.10. The van der Waals surface area contributed by atoms with Crippen molar-refractivity contribution in [1.29, 1.82) is 0 Å². The molecule has 3 amide bonds. The van der Waals surface area contributed by atoms with Crippen molar-refractivity contribution in [3.8, 4) is 0 Å². The topological polar surface area (TPSA) is 86.6 Å². The van der Waals surface area contributed by atoms with Crippen LogP contribution < -0.4 is 5.32 Å². The second kappa shape index (κ2) is 15.7. The summed E-state index contributed by atoms with van der Waals surface area (Å²) in [5.41, 5.74) is 6.63. The van der Waals surface area contributed by atoms with Crippen LogP contribution in [0.15, 0.2) is 77.8 Å². The van der Waals surface area contributed by atoms with Crippen molar-refractivity contribution in [2.24, 2.45) is 7.05 Å². The number of urea groups is 1. The van der Waals surface area contributed by atoms with E-state index in [1.807, 2.05) is 58.1 Å². The predicted molar refractivity (Wildman–Crippen MR) is 199 cm³/mol. The molecule has 50 heavy (non-hydrogen) atoms. The van der Waals surface area contributed by atoms with Gasteiger partial charge < -0.3 is 19.7 Å². The Kier molecular flexibility index (Phi) is 10.9. The van der Waals surface area contributed by atoms with Gasteiger partial charge in [-0.3, -0.25) is 14.7 Å². The molecule has 2 fully saturated rings. The van der Waals surface area contributed by atoms with Crippen LogP contribution in [0.1, 0.15) is 71.8 Å². The highest BCUT2D eigenvalue weighted by Crippen LogP contribution is 2.39. The molecule has 0 bridgehead atoms. The molecule has 2 aromatic carbocycles. The zero-order chi connectivity index (χ0) is 34.6. The number of hydrogen-bond acceptors (Lipinski definition) is 5. The number of halogens is 2. The van der Waals surface area contributed by atoms with E-state index in [4.69, 9.17) is 16.6 Å². The summed E-state index contributed by atoms with van der Waals surface area (Å²) in [7, 11) is 1.98. The van der Waals surface area contributed by atoms with Gasteiger partial charge in [0.05, 0.1) is 18.1 Å². The number of rotatable bonds is 8. The van der Waals surface area contributed by atoms with Gasteiger partial charge in [-0.1, -0.05) is 67.3 Å². The van der Waals surface area contributed by atoms with E-state index in [9.17, 15) is 4.79 Å². The third kappa shape index (κ3) is 7.77. The van der Waals surface area contributed by atoms with Crippen molar-refractivity contribution in [2.45, 2.75) is 76.0 Å². The number of fused-ring (bicyclic) bond motifs is 2. The average molecular weight is 759 g/mol. The number of pyridine rings is 1. The van der Waals surface area contributed by atoms with Crippen LogP contribution in [0.25, 0.3) is 0 Å². The molecule has 1 unspecified atom stereocenters. The fraction of sp³-hybridized carbons (Fsp3) is 0.436. The highest BCUT2D eigenvalue weighted by Gasteiger charge is 2.42. The van der Waals surface area contributed by atoms with Crippen LogP contribution in [0.3, 0.4) is 0 Å². The molecule has 2 atom stereocenters. The van der Waals surface area contributed by atoms with Crippen LogP contribution in [0.5, 0.6) is 0 Å². The number of aryl methyl sites for hydroxylation is 3. The number of aromatic nitrogens is 3. The van der Waals surface area contributed by atoms with Gasteiger partial charge in [0.15, 0.2) is 0 Å². The summed E-state index contributed by atoms with van der Waals surface area (Å²) >= 11 is 10.2. The average Bonchev–Trinajstić information content (AvgIpc) is 3.47. The Morgan fingerprint density at radius 3 is 2.58 bits per heavy atom. The summed E-state index contributed by atoms with van der Waals surface area (Å²) in [6.07, 6.45) is 13.3. The first-order valence-electron chi connectivity index (χ1n) is 17.9. The van der Waals surface area contributed by atoms with E-state index in [-0.39, 0.29) is 24.0 Å². The predicted octanol–water partition coefficient (Wildman–Crippen LogP) is 6.72. The van der Waals surface area contributed by atoms with Crippen LogP contribution in [0.4, 0.5) is 4.79 Å². The van der Waals surface area contributed by atoms with Gasteiger partial charge in [0.25, 0.3) is 0 Å². The molecule has 2 aliphatic carbocycles. The molecule has 0 radical (unpaired) electrons. The van der Waals surface area contributed by atoms with Crippen molar-refractivity contribution < 1.29 is 9.59 Å². The normalized spacial score (nSPS) is 19.7. The van der Waals surface area contributed by atoms with Crippen molar-refractivity contribution >= 4 is 39.5 Å². The number of benzene rings is 2. The molecule has 1 N–H and O–H groups in total. The zero-order valence-corrected chi connectivity index (χ0v) is 31.0. The first-order valence-corrected chi connectivity index (χ1v) is 19.0. The first-order chi connectivity index (χ1) is 24.3. The number of amides is 3. The largest absolute Gasteiger partial charge is 0.338 e. The van der Waals surface area contributed by atoms with E-state index < -0.39 is 6.04 Å². The standard InChI is InChI=1S/C39H45BrClN7O2/c1-45-26-42-23-33(45)16-17-47(24-27-8-4-2-5-9-27)38(49)35-25-46(18-19-48(35)39(50)44-32-10-6-3-7-11-32)37-34-15-14-31(41)21-28(34)12-13-29-20-30(40)22-43-36(29)37/h2,4-5,8-9,14-15,20-23,26,32,35,37H,3,6-7,10-13,16-19,24-25H2,1H3,(H,44,50)/t35-,37?/m1/s1. The lowest BCUT2D eigenvalue weighted by atomic mass is 9.94. The van der Waals surface area contributed by atoms with Gasteiger partial charge in [0.1, 0.15) is 6.04 Å². The molecule has 3 heterocycles. The summed E-state index contributed by atoms with van der Waals surface area (Å²) in [4.78, 5) is 44.6. The third-order valence-corrected chi connectivity index (χ3v) is 11.3. The van der Waals surface area contributed by atoms with Crippen LogP contribution >= 0.6 is 27.5 Å². The maximum absolute atomic E-state index is 15.0. The van der Waals surface area contributed by atoms with Crippen LogP contribution in [0.2, 0.25) is 5.02 Å². The molecule has 1 saturated heterocycles. The van der Waals surface area contributed by atoms with E-state index in [1.165, 1.54) is 17.5 Å². The number of piperazine rings is 1. The van der Waals surface area contributed by atoms with Gasteiger partial charge in [-0.15, -0.1) is 0 Å². The minimum atomic E-state index is -0.680. The molecule has 3 aliphatic rings. The Labute approximate surface area is 308 Å². The number of hydrogen-bond donors (Lipinski definition) is 1. The SMILES string of the molecule is Cn1cncc1CCN(Cc1ccccc1)C(=O)[C@H]1CN(C2c3ccc(Cl)cc3CCc3cc(Br)cnc32)CCN1C(=O)NC1CCCCC1. The molecule has 2 aromatic heterocycles. The second-order valence-electron chi connectivity index (χ2n) is 13.9. The number of carbonyl (C=O) groups excluding carboxylic acids is 2. The lowest BCUT2D eigenvalue weighted by Gasteiger charge is -2.45. The molecular weight excluding hydrogens is 714 g/mol. The first kappa shape index (κ1) is 34.7. The maximum atomic E-state index is 15.0. The van der Waals surface area contributed by atoms with Gasteiger partial charge in [0, 0.05) is 79.8 Å². The van der Waals surface area contributed by atoms with E-state index >= 15 is 4.79 Å². The number of nitrogens with zero attached hydrogens (tertiary/aromatic N) is 6. The van der Waals surface area contributed by atoms with Gasteiger partial charge in [-0.05, 0) is 82.1 Å². The Morgan fingerprint density at radius 1 is 1.00 bits per heavy atom. The minimum absolute atomic E-state index is 0.0477. The molecule has 9 nitrogen and oxygen atoms in total. The van der Waals surface area contributed by atoms with Gasteiger partial charge in [0.2, 0.25) is 5.91 Å². The molecular formula is C39H45BrClN7O2. The van der Waals surface area contributed by atoms with E-state index in [0.717, 1.165) is 65.5 Å². The molecule has 0 spiro atoms. The van der Waals surface area contributed by atoms with E-state index in [1.54, 1.807) is 6.33 Å². The van der Waals surface area contributed by atoms with Gasteiger partial charge >= 0.3 is 6.03 Å².